The lowest BCUT2D eigenvalue weighted by Gasteiger charge is -2.12. The highest BCUT2D eigenvalue weighted by Gasteiger charge is 2.23. The number of ether oxygens (including phenoxy) is 1. The molecule has 0 aromatic heterocycles. The molecule has 3 rings (SSSR count). The maximum atomic E-state index is 8.65. The molecule has 1 aliphatic rings. The van der Waals surface area contributed by atoms with Gasteiger partial charge in [0.1, 0.15) is 5.75 Å². The van der Waals surface area contributed by atoms with Crippen molar-refractivity contribution in [3.63, 3.8) is 0 Å². The van der Waals surface area contributed by atoms with Crippen molar-refractivity contribution < 1.29 is 4.74 Å². The highest BCUT2D eigenvalue weighted by atomic mass is 32.2. The van der Waals surface area contributed by atoms with Crippen molar-refractivity contribution in [3.05, 3.63) is 59.7 Å². The van der Waals surface area contributed by atoms with Crippen LogP contribution >= 0.6 is 11.8 Å². The fraction of sp³-hybridized carbons (Fsp3) is 0.235. The Kier molecular flexibility index (Phi) is 3.94. The fourth-order valence-corrected chi connectivity index (χ4v) is 3.59. The predicted molar refractivity (Wildman–Crippen MR) is 81.2 cm³/mol. The Morgan fingerprint density at radius 2 is 1.95 bits per heavy atom. The smallest absolute Gasteiger partial charge is 0.119 e. The number of fused-ring (bicyclic) bond motifs is 1. The minimum atomic E-state index is 0.451. The molecule has 0 radical (unpaired) electrons. The van der Waals surface area contributed by atoms with Gasteiger partial charge in [-0.25, -0.2) is 0 Å². The molecular weight excluding hydrogens is 266 g/mol. The van der Waals surface area contributed by atoms with Crippen molar-refractivity contribution in [3.8, 4) is 11.8 Å². The molecule has 0 N–H and O–H groups in total. The maximum absolute atomic E-state index is 8.65. The Balaban J connectivity index is 1.62. The van der Waals surface area contributed by atoms with Crippen LogP contribution in [0.2, 0.25) is 0 Å². The molecule has 3 heteroatoms. The normalized spacial score (nSPS) is 16.4. The van der Waals surface area contributed by atoms with E-state index in [4.69, 9.17) is 10.00 Å². The van der Waals surface area contributed by atoms with Crippen LogP contribution in [0.1, 0.15) is 17.0 Å². The number of benzene rings is 2. The highest BCUT2D eigenvalue weighted by Crippen LogP contribution is 2.39. The topological polar surface area (TPSA) is 33.0 Å². The Morgan fingerprint density at radius 1 is 1.15 bits per heavy atom. The average molecular weight is 281 g/mol. The van der Waals surface area contributed by atoms with Crippen LogP contribution in [0.25, 0.3) is 0 Å². The molecule has 1 aliphatic heterocycles. The minimum Gasteiger partial charge on any atom is -0.493 e. The molecule has 0 bridgehead atoms. The van der Waals surface area contributed by atoms with E-state index in [1.54, 1.807) is 0 Å². The van der Waals surface area contributed by atoms with Gasteiger partial charge in [0.2, 0.25) is 0 Å². The molecular formula is C17H15NOS. The van der Waals surface area contributed by atoms with E-state index < -0.39 is 0 Å². The number of rotatable bonds is 4. The zero-order valence-corrected chi connectivity index (χ0v) is 11.9. The molecule has 2 nitrogen and oxygen atoms in total. The van der Waals surface area contributed by atoms with Gasteiger partial charge in [0.05, 0.1) is 19.1 Å². The summed E-state index contributed by atoms with van der Waals surface area (Å²) in [6.07, 6.45) is 0.451. The number of hydrogen-bond donors (Lipinski definition) is 0. The van der Waals surface area contributed by atoms with Gasteiger partial charge < -0.3 is 4.74 Å². The largest absolute Gasteiger partial charge is 0.493 e. The van der Waals surface area contributed by atoms with Crippen LogP contribution in [0.5, 0.6) is 5.75 Å². The Labute approximate surface area is 123 Å². The molecule has 0 saturated heterocycles. The second kappa shape index (κ2) is 6.02. The van der Waals surface area contributed by atoms with Gasteiger partial charge in [0, 0.05) is 16.6 Å². The lowest BCUT2D eigenvalue weighted by molar-refractivity contribution is 0.298. The van der Waals surface area contributed by atoms with Gasteiger partial charge in [-0.1, -0.05) is 30.3 Å². The van der Waals surface area contributed by atoms with Crippen LogP contribution in [-0.2, 0) is 6.42 Å². The first kappa shape index (κ1) is 13.1. The van der Waals surface area contributed by atoms with Crippen molar-refractivity contribution in [1.82, 2.24) is 0 Å². The summed E-state index contributed by atoms with van der Waals surface area (Å²) in [5, 5.41) is 8.65. The summed E-state index contributed by atoms with van der Waals surface area (Å²) in [5.41, 5.74) is 2.43. The highest BCUT2D eigenvalue weighted by molar-refractivity contribution is 7.99. The van der Waals surface area contributed by atoms with E-state index in [1.807, 2.05) is 36.0 Å². The SMILES string of the molecule is N#CCc1ccc(OCC2CSc3ccccc32)cc1. The quantitative estimate of drug-likeness (QED) is 0.848. The Hall–Kier alpha value is -1.92. The summed E-state index contributed by atoms with van der Waals surface area (Å²) in [6, 6.07) is 18.5. The zero-order chi connectivity index (χ0) is 13.8. The standard InChI is InChI=1S/C17H15NOS/c18-10-9-13-5-7-15(8-6-13)19-11-14-12-20-17-4-2-1-3-16(14)17/h1-8,14H,9,11-12H2. The zero-order valence-electron chi connectivity index (χ0n) is 11.1. The van der Waals surface area contributed by atoms with E-state index in [2.05, 4.69) is 30.3 Å². The summed E-state index contributed by atoms with van der Waals surface area (Å²) in [5.74, 6) is 2.43. The summed E-state index contributed by atoms with van der Waals surface area (Å²) in [6.45, 7) is 0.710. The van der Waals surface area contributed by atoms with Crippen molar-refractivity contribution in [1.29, 1.82) is 5.26 Å². The molecule has 1 heterocycles. The monoisotopic (exact) mass is 281 g/mol. The lowest BCUT2D eigenvalue weighted by atomic mass is 10.0. The van der Waals surface area contributed by atoms with Gasteiger partial charge >= 0.3 is 0 Å². The van der Waals surface area contributed by atoms with Gasteiger partial charge in [-0.3, -0.25) is 0 Å². The van der Waals surface area contributed by atoms with Crippen molar-refractivity contribution in [2.45, 2.75) is 17.2 Å². The van der Waals surface area contributed by atoms with Crippen LogP contribution in [0, 0.1) is 11.3 Å². The van der Waals surface area contributed by atoms with Gasteiger partial charge in [-0.15, -0.1) is 11.8 Å². The van der Waals surface area contributed by atoms with Gasteiger partial charge in [0.25, 0.3) is 0 Å². The Morgan fingerprint density at radius 3 is 2.75 bits per heavy atom. The molecule has 0 spiro atoms. The van der Waals surface area contributed by atoms with Crippen LogP contribution in [0.4, 0.5) is 0 Å². The predicted octanol–water partition coefficient (Wildman–Crippen LogP) is 4.02. The molecule has 0 fully saturated rings. The van der Waals surface area contributed by atoms with Gasteiger partial charge in [-0.2, -0.15) is 5.26 Å². The molecule has 2 aromatic carbocycles. The first-order valence-electron chi connectivity index (χ1n) is 6.67. The van der Waals surface area contributed by atoms with E-state index in [1.165, 1.54) is 10.5 Å². The van der Waals surface area contributed by atoms with E-state index in [-0.39, 0.29) is 0 Å². The van der Waals surface area contributed by atoms with Crippen LogP contribution in [0.15, 0.2) is 53.4 Å². The first-order chi connectivity index (χ1) is 9.86. The van der Waals surface area contributed by atoms with Crippen LogP contribution < -0.4 is 4.74 Å². The third-order valence-corrected chi connectivity index (χ3v) is 4.71. The number of nitrogens with zero attached hydrogens (tertiary/aromatic N) is 1. The van der Waals surface area contributed by atoms with E-state index in [9.17, 15) is 0 Å². The van der Waals surface area contributed by atoms with E-state index in [0.717, 1.165) is 17.1 Å². The van der Waals surface area contributed by atoms with Crippen molar-refractivity contribution in [2.75, 3.05) is 12.4 Å². The third kappa shape index (κ3) is 2.81. The second-order valence-corrected chi connectivity index (χ2v) is 5.90. The van der Waals surface area contributed by atoms with Crippen molar-refractivity contribution in [2.24, 2.45) is 0 Å². The summed E-state index contributed by atoms with van der Waals surface area (Å²) in [7, 11) is 0. The summed E-state index contributed by atoms with van der Waals surface area (Å²) in [4.78, 5) is 1.38. The number of thioether (sulfide) groups is 1. The molecule has 0 saturated carbocycles. The summed E-state index contributed by atoms with van der Waals surface area (Å²) < 4.78 is 5.88. The summed E-state index contributed by atoms with van der Waals surface area (Å²) >= 11 is 1.90. The van der Waals surface area contributed by atoms with E-state index in [0.29, 0.717) is 18.9 Å². The molecule has 0 amide bonds. The fourth-order valence-electron chi connectivity index (χ4n) is 2.36. The van der Waals surface area contributed by atoms with Gasteiger partial charge in [0.15, 0.2) is 0 Å². The van der Waals surface area contributed by atoms with Gasteiger partial charge in [-0.05, 0) is 29.3 Å². The molecule has 100 valence electrons. The Bertz CT molecular complexity index is 630. The second-order valence-electron chi connectivity index (χ2n) is 4.84. The molecule has 1 atom stereocenters. The lowest BCUT2D eigenvalue weighted by Crippen LogP contribution is -2.09. The third-order valence-electron chi connectivity index (χ3n) is 3.46. The molecule has 1 unspecified atom stereocenters. The average Bonchev–Trinajstić information content (AvgIpc) is 2.90. The minimum absolute atomic E-state index is 0.451. The van der Waals surface area contributed by atoms with E-state index >= 15 is 0 Å². The van der Waals surface area contributed by atoms with Crippen LogP contribution in [-0.4, -0.2) is 12.4 Å². The molecule has 0 aliphatic carbocycles. The first-order valence-corrected chi connectivity index (χ1v) is 7.66. The maximum Gasteiger partial charge on any atom is 0.119 e. The number of hydrogen-bond acceptors (Lipinski definition) is 3. The van der Waals surface area contributed by atoms with Crippen LogP contribution in [0.3, 0.4) is 0 Å². The van der Waals surface area contributed by atoms with Crippen molar-refractivity contribution >= 4 is 11.8 Å². The molecule has 2 aromatic rings. The number of nitriles is 1. The molecule has 20 heavy (non-hydrogen) atoms.